The first-order chi connectivity index (χ1) is 9.37. The molecule has 1 heterocycles. The molecule has 1 aliphatic heterocycles. The second-order valence-electron chi connectivity index (χ2n) is 4.67. The highest BCUT2D eigenvalue weighted by Crippen LogP contribution is 2.33. The number of benzene rings is 1. The Morgan fingerprint density at radius 2 is 2.05 bits per heavy atom. The van der Waals surface area contributed by atoms with Crippen molar-refractivity contribution in [2.24, 2.45) is 0 Å². The van der Waals surface area contributed by atoms with Gasteiger partial charge in [0.05, 0.1) is 11.6 Å². The van der Waals surface area contributed by atoms with Gasteiger partial charge < -0.3 is 5.11 Å². The average Bonchev–Trinajstić information content (AvgIpc) is 2.39. The lowest BCUT2D eigenvalue weighted by molar-refractivity contribution is 0.281. The van der Waals surface area contributed by atoms with Crippen LogP contribution < -0.4 is 0 Å². The highest BCUT2D eigenvalue weighted by atomic mass is 35.5. The van der Waals surface area contributed by atoms with Gasteiger partial charge in [0.2, 0.25) is 10.0 Å². The van der Waals surface area contributed by atoms with Crippen molar-refractivity contribution in [1.82, 2.24) is 4.31 Å². The average molecular weight is 336 g/mol. The summed E-state index contributed by atoms with van der Waals surface area (Å²) in [4.78, 5) is -0.0117. The fraction of sp³-hybridized carbons (Fsp3) is 0.385. The Labute approximate surface area is 128 Å². The minimum Gasteiger partial charge on any atom is -0.392 e. The Morgan fingerprint density at radius 3 is 2.65 bits per heavy atom. The third kappa shape index (κ3) is 2.87. The van der Waals surface area contributed by atoms with Crippen molar-refractivity contribution in [2.75, 3.05) is 13.1 Å². The van der Waals surface area contributed by atoms with Crippen LogP contribution in [0.5, 0.6) is 0 Å². The Kier molecular flexibility index (Phi) is 4.76. The summed E-state index contributed by atoms with van der Waals surface area (Å²) in [6.45, 7) is 2.27. The third-order valence-corrected chi connectivity index (χ3v) is 6.01. The Morgan fingerprint density at radius 1 is 1.35 bits per heavy atom. The monoisotopic (exact) mass is 335 g/mol. The van der Waals surface area contributed by atoms with Crippen LogP contribution in [-0.2, 0) is 16.6 Å². The smallest absolute Gasteiger partial charge is 0.244 e. The number of aliphatic hydroxyl groups excluding tert-OH is 1. The molecule has 110 valence electrons. The van der Waals surface area contributed by atoms with Crippen molar-refractivity contribution in [3.8, 4) is 0 Å². The number of sulfonamides is 1. The van der Waals surface area contributed by atoms with Gasteiger partial charge in [0.25, 0.3) is 0 Å². The number of nitrogens with zero attached hydrogens (tertiary/aromatic N) is 1. The van der Waals surface area contributed by atoms with E-state index in [-0.39, 0.29) is 20.5 Å². The number of hydrogen-bond donors (Lipinski definition) is 1. The Balaban J connectivity index is 2.48. The molecule has 0 aliphatic carbocycles. The van der Waals surface area contributed by atoms with Crippen LogP contribution in [0.1, 0.15) is 18.9 Å². The molecule has 1 aliphatic rings. The molecule has 0 fully saturated rings. The van der Waals surface area contributed by atoms with Gasteiger partial charge in [0.1, 0.15) is 4.90 Å². The summed E-state index contributed by atoms with van der Waals surface area (Å²) in [5.74, 6) is 0. The molecular formula is C13H15Cl2NO3S. The molecule has 0 saturated heterocycles. The fourth-order valence-corrected chi connectivity index (χ4v) is 4.51. The highest BCUT2D eigenvalue weighted by molar-refractivity contribution is 7.89. The zero-order valence-electron chi connectivity index (χ0n) is 10.9. The zero-order chi connectivity index (χ0) is 14.9. The molecule has 4 nitrogen and oxygen atoms in total. The van der Waals surface area contributed by atoms with E-state index in [1.54, 1.807) is 0 Å². The molecule has 0 spiro atoms. The molecule has 0 amide bonds. The van der Waals surface area contributed by atoms with Crippen LogP contribution in [0.2, 0.25) is 10.0 Å². The maximum atomic E-state index is 12.6. The van der Waals surface area contributed by atoms with E-state index in [4.69, 9.17) is 23.2 Å². The van der Waals surface area contributed by atoms with Gasteiger partial charge in [-0.2, -0.15) is 4.31 Å². The first-order valence-corrected chi connectivity index (χ1v) is 8.31. The van der Waals surface area contributed by atoms with Crippen molar-refractivity contribution in [3.05, 3.63) is 39.4 Å². The largest absolute Gasteiger partial charge is 0.392 e. The molecule has 2 rings (SSSR count). The van der Waals surface area contributed by atoms with E-state index in [1.165, 1.54) is 16.4 Å². The Hall–Kier alpha value is -0.590. The van der Waals surface area contributed by atoms with Gasteiger partial charge >= 0.3 is 0 Å². The molecule has 1 N–H and O–H groups in total. The van der Waals surface area contributed by atoms with Crippen molar-refractivity contribution in [2.45, 2.75) is 24.8 Å². The maximum absolute atomic E-state index is 12.6. The van der Waals surface area contributed by atoms with Gasteiger partial charge in [-0.25, -0.2) is 8.42 Å². The van der Waals surface area contributed by atoms with Gasteiger partial charge in [0, 0.05) is 23.7 Å². The SMILES string of the molecule is CC1=CCCN(S(=O)(=O)c2ccc(Cl)c(CO)c2Cl)C1. The lowest BCUT2D eigenvalue weighted by Gasteiger charge is -2.26. The van der Waals surface area contributed by atoms with E-state index in [0.29, 0.717) is 19.5 Å². The van der Waals surface area contributed by atoms with Crippen molar-refractivity contribution in [3.63, 3.8) is 0 Å². The number of halogens is 2. The maximum Gasteiger partial charge on any atom is 0.244 e. The molecule has 0 bridgehead atoms. The van der Waals surface area contributed by atoms with Crippen LogP contribution >= 0.6 is 23.2 Å². The normalized spacial score (nSPS) is 17.1. The van der Waals surface area contributed by atoms with Crippen LogP contribution in [0, 0.1) is 0 Å². The van der Waals surface area contributed by atoms with E-state index < -0.39 is 16.6 Å². The minimum absolute atomic E-state index is 0.00722. The number of rotatable bonds is 3. The first kappa shape index (κ1) is 15.8. The van der Waals surface area contributed by atoms with Gasteiger partial charge in [-0.15, -0.1) is 0 Å². The van der Waals surface area contributed by atoms with Crippen molar-refractivity contribution in [1.29, 1.82) is 0 Å². The van der Waals surface area contributed by atoms with Gasteiger partial charge in [-0.05, 0) is 25.5 Å². The van der Waals surface area contributed by atoms with Gasteiger partial charge in [-0.1, -0.05) is 34.9 Å². The predicted octanol–water partition coefficient (Wildman–Crippen LogP) is 2.83. The van der Waals surface area contributed by atoms with Crippen LogP contribution in [0.3, 0.4) is 0 Å². The quantitative estimate of drug-likeness (QED) is 0.864. The standard InChI is InChI=1S/C13H15Cl2NO3S/c1-9-3-2-6-16(7-9)20(18,19)12-5-4-11(14)10(8-17)13(12)15/h3-5,17H,2,6-8H2,1H3. The molecule has 0 aromatic heterocycles. The van der Waals surface area contributed by atoms with Crippen LogP contribution in [-0.4, -0.2) is 30.9 Å². The minimum atomic E-state index is -3.68. The van der Waals surface area contributed by atoms with E-state index in [0.717, 1.165) is 5.57 Å². The van der Waals surface area contributed by atoms with Crippen LogP contribution in [0.4, 0.5) is 0 Å². The summed E-state index contributed by atoms with van der Waals surface area (Å²) < 4.78 is 26.6. The van der Waals surface area contributed by atoms with Gasteiger partial charge in [-0.3, -0.25) is 0 Å². The number of aliphatic hydroxyl groups is 1. The summed E-state index contributed by atoms with van der Waals surface area (Å²) in [6.07, 6.45) is 2.71. The van der Waals surface area contributed by atoms with E-state index in [1.807, 2.05) is 13.0 Å². The molecule has 0 atom stereocenters. The van der Waals surface area contributed by atoms with Crippen molar-refractivity contribution < 1.29 is 13.5 Å². The van der Waals surface area contributed by atoms with Gasteiger partial charge in [0.15, 0.2) is 0 Å². The molecule has 1 aromatic rings. The summed E-state index contributed by atoms with van der Waals surface area (Å²) in [6, 6.07) is 2.82. The fourth-order valence-electron chi connectivity index (χ4n) is 2.14. The summed E-state index contributed by atoms with van der Waals surface area (Å²) >= 11 is 12.0. The second-order valence-corrected chi connectivity index (χ2v) is 7.37. The molecule has 7 heteroatoms. The lowest BCUT2D eigenvalue weighted by Crippen LogP contribution is -2.35. The molecule has 0 unspecified atom stereocenters. The second kappa shape index (κ2) is 6.03. The Bertz CT molecular complexity index is 656. The molecule has 0 radical (unpaired) electrons. The molecule has 0 saturated carbocycles. The van der Waals surface area contributed by atoms with Crippen LogP contribution in [0.15, 0.2) is 28.7 Å². The summed E-state index contributed by atoms with van der Waals surface area (Å²) in [5.41, 5.74) is 1.24. The first-order valence-electron chi connectivity index (χ1n) is 6.11. The molecular weight excluding hydrogens is 321 g/mol. The van der Waals surface area contributed by atoms with Crippen molar-refractivity contribution >= 4 is 33.2 Å². The van der Waals surface area contributed by atoms with E-state index >= 15 is 0 Å². The third-order valence-electron chi connectivity index (χ3n) is 3.22. The zero-order valence-corrected chi connectivity index (χ0v) is 13.3. The highest BCUT2D eigenvalue weighted by Gasteiger charge is 2.29. The number of hydrogen-bond acceptors (Lipinski definition) is 3. The van der Waals surface area contributed by atoms with E-state index in [2.05, 4.69) is 0 Å². The summed E-state index contributed by atoms with van der Waals surface area (Å²) in [7, 11) is -3.68. The topological polar surface area (TPSA) is 57.6 Å². The van der Waals surface area contributed by atoms with E-state index in [9.17, 15) is 13.5 Å². The molecule has 1 aromatic carbocycles. The molecule has 20 heavy (non-hydrogen) atoms. The predicted molar refractivity (Wildman–Crippen MR) is 79.5 cm³/mol. The van der Waals surface area contributed by atoms with Crippen LogP contribution in [0.25, 0.3) is 0 Å². The summed E-state index contributed by atoms with van der Waals surface area (Å²) in [5, 5.41) is 9.50. The lowest BCUT2D eigenvalue weighted by atomic mass is 10.2.